The first kappa shape index (κ1) is 42.2. The molecule has 5 amide bonds. The summed E-state index contributed by atoms with van der Waals surface area (Å²) in [6.45, 7) is 5.04. The third kappa shape index (κ3) is 8.29. The highest BCUT2D eigenvalue weighted by Crippen LogP contribution is 2.44. The maximum atomic E-state index is 14.7. The first-order valence-electron chi connectivity index (χ1n) is 22.2. The zero-order valence-corrected chi connectivity index (χ0v) is 35.8. The number of halogens is 2. The van der Waals surface area contributed by atoms with Crippen molar-refractivity contribution >= 4 is 41.0 Å². The Morgan fingerprint density at radius 3 is 2.49 bits per heavy atom. The predicted molar refractivity (Wildman–Crippen MR) is 227 cm³/mol. The number of unbranched alkanes of at least 4 members (excludes halogenated alkanes) is 2. The lowest BCUT2D eigenvalue weighted by atomic mass is 9.92. The lowest BCUT2D eigenvalue weighted by Gasteiger charge is -2.34. The number of piperidine rings is 2. The molecule has 2 aromatic heterocycles. The van der Waals surface area contributed by atoms with Gasteiger partial charge in [0.15, 0.2) is 5.82 Å². The minimum atomic E-state index is -2.69. The van der Waals surface area contributed by atoms with Gasteiger partial charge in [-0.05, 0) is 86.8 Å². The second-order valence-corrected chi connectivity index (χ2v) is 17.4. The van der Waals surface area contributed by atoms with E-state index in [1.807, 2.05) is 21.9 Å². The Kier molecular flexibility index (Phi) is 11.8. The van der Waals surface area contributed by atoms with Crippen molar-refractivity contribution in [2.75, 3.05) is 37.7 Å². The van der Waals surface area contributed by atoms with Crippen LogP contribution in [0.4, 0.5) is 20.3 Å². The number of hydrogen-bond donors (Lipinski definition) is 1. The van der Waals surface area contributed by atoms with Crippen LogP contribution in [-0.4, -0.2) is 103 Å². The van der Waals surface area contributed by atoms with E-state index in [0.29, 0.717) is 93.3 Å². The lowest BCUT2D eigenvalue weighted by molar-refractivity contribution is -0.137. The van der Waals surface area contributed by atoms with Crippen LogP contribution in [0.25, 0.3) is 11.1 Å². The zero-order chi connectivity index (χ0) is 43.9. The van der Waals surface area contributed by atoms with Crippen molar-refractivity contribution in [3.63, 3.8) is 0 Å². The molecule has 15 nitrogen and oxygen atoms in total. The molecule has 0 radical (unpaired) electrons. The maximum absolute atomic E-state index is 14.7. The summed E-state index contributed by atoms with van der Waals surface area (Å²) in [5, 5.41) is 11.8. The summed E-state index contributed by atoms with van der Waals surface area (Å²) in [5.74, 6) is 0.406. The van der Waals surface area contributed by atoms with E-state index >= 15 is 0 Å². The Morgan fingerprint density at radius 2 is 1.75 bits per heavy atom. The maximum Gasteiger partial charge on any atom is 0.264 e. The van der Waals surface area contributed by atoms with Crippen LogP contribution >= 0.6 is 0 Å². The number of carbonyl (C=O) groups is 5. The number of hydrogen-bond acceptors (Lipinski definition) is 9. The number of ether oxygens (including phenoxy) is 1. The Hall–Kier alpha value is -6.13. The number of carbonyl (C=O) groups excluding carboxylic acids is 5. The molecular weight excluding hydrogens is 813 g/mol. The van der Waals surface area contributed by atoms with Crippen LogP contribution in [-0.2, 0) is 52.2 Å². The molecule has 2 saturated heterocycles. The van der Waals surface area contributed by atoms with Gasteiger partial charge >= 0.3 is 0 Å². The number of aryl methyl sites for hydroxylation is 2. The number of nitrogens with zero attached hydrogens (tertiary/aromatic N) is 8. The molecule has 2 fully saturated rings. The monoisotopic (exact) mass is 865 g/mol. The van der Waals surface area contributed by atoms with E-state index in [9.17, 15) is 32.8 Å². The molecule has 332 valence electrons. The largest absolute Gasteiger partial charge is 0.493 e. The Bertz CT molecular complexity index is 2460. The van der Waals surface area contributed by atoms with Crippen molar-refractivity contribution in [3.8, 4) is 16.9 Å². The number of imide groups is 1. The molecule has 0 aliphatic carbocycles. The van der Waals surface area contributed by atoms with E-state index in [-0.39, 0.29) is 48.2 Å². The summed E-state index contributed by atoms with van der Waals surface area (Å²) in [7, 11) is 1.77. The van der Waals surface area contributed by atoms with Gasteiger partial charge in [0.05, 0.1) is 31.9 Å². The van der Waals surface area contributed by atoms with Crippen molar-refractivity contribution in [2.24, 2.45) is 7.05 Å². The van der Waals surface area contributed by atoms with Gasteiger partial charge in [0, 0.05) is 105 Å². The number of aromatic nitrogens is 4. The third-order valence-corrected chi connectivity index (χ3v) is 13.4. The van der Waals surface area contributed by atoms with Gasteiger partial charge in [-0.3, -0.25) is 38.7 Å². The van der Waals surface area contributed by atoms with Gasteiger partial charge < -0.3 is 24.3 Å². The average molecular weight is 866 g/mol. The fourth-order valence-electron chi connectivity index (χ4n) is 10.0. The number of rotatable bonds is 12. The third-order valence-electron chi connectivity index (χ3n) is 13.4. The molecular formula is C46H53F2N9O6. The summed E-state index contributed by atoms with van der Waals surface area (Å²) < 4.78 is 39.2. The first-order valence-corrected chi connectivity index (χ1v) is 22.2. The molecule has 17 heteroatoms. The van der Waals surface area contributed by atoms with Crippen LogP contribution in [0.1, 0.15) is 115 Å². The summed E-state index contributed by atoms with van der Waals surface area (Å²) in [5.41, 5.74) is 6.07. The number of likely N-dealkylation sites (tertiary alicyclic amines) is 1. The average Bonchev–Trinajstić information content (AvgIpc) is 3.99. The van der Waals surface area contributed by atoms with Crippen LogP contribution in [0.2, 0.25) is 0 Å². The number of alkyl halides is 2. The summed E-state index contributed by atoms with van der Waals surface area (Å²) >= 11 is 0. The summed E-state index contributed by atoms with van der Waals surface area (Å²) in [4.78, 5) is 70.6. The predicted octanol–water partition coefficient (Wildman–Crippen LogP) is 5.77. The number of nitrogens with one attached hydrogen (secondary N) is 1. The van der Waals surface area contributed by atoms with Crippen molar-refractivity contribution in [1.29, 1.82) is 0 Å². The molecule has 63 heavy (non-hydrogen) atoms. The molecule has 0 bridgehead atoms. The highest BCUT2D eigenvalue weighted by molar-refractivity contribution is 6.05. The highest BCUT2D eigenvalue weighted by Gasteiger charge is 2.40. The number of anilines is 2. The molecule has 0 spiro atoms. The van der Waals surface area contributed by atoms with E-state index in [2.05, 4.69) is 20.0 Å². The van der Waals surface area contributed by atoms with Crippen LogP contribution in [0.15, 0.2) is 42.7 Å². The summed E-state index contributed by atoms with van der Waals surface area (Å²) in [6.07, 6.45) is 7.52. The van der Waals surface area contributed by atoms with Crippen LogP contribution < -0.4 is 15.0 Å². The Morgan fingerprint density at radius 1 is 0.921 bits per heavy atom. The molecule has 4 aromatic rings. The lowest BCUT2D eigenvalue weighted by Crippen LogP contribution is -2.52. The van der Waals surface area contributed by atoms with E-state index in [0.717, 1.165) is 66.6 Å². The smallest absolute Gasteiger partial charge is 0.264 e. The highest BCUT2D eigenvalue weighted by atomic mass is 19.3. The van der Waals surface area contributed by atoms with Gasteiger partial charge in [0.1, 0.15) is 11.8 Å². The first-order chi connectivity index (χ1) is 30.4. The minimum Gasteiger partial charge on any atom is -0.493 e. The molecule has 0 saturated carbocycles. The zero-order valence-electron chi connectivity index (χ0n) is 35.8. The van der Waals surface area contributed by atoms with Crippen LogP contribution in [0.5, 0.6) is 5.75 Å². The van der Waals surface area contributed by atoms with Gasteiger partial charge in [0.2, 0.25) is 23.6 Å². The second-order valence-electron chi connectivity index (χ2n) is 17.4. The van der Waals surface area contributed by atoms with Crippen LogP contribution in [0.3, 0.4) is 0 Å². The van der Waals surface area contributed by atoms with Crippen LogP contribution in [0, 0.1) is 0 Å². The molecule has 1 N–H and O–H groups in total. The molecule has 2 aromatic carbocycles. The molecule has 5 aliphatic rings. The van der Waals surface area contributed by atoms with Gasteiger partial charge in [0.25, 0.3) is 12.3 Å². The Labute approximate surface area is 364 Å². The normalized spacial score (nSPS) is 19.1. The van der Waals surface area contributed by atoms with Crippen molar-refractivity contribution in [3.05, 3.63) is 76.2 Å². The summed E-state index contributed by atoms with van der Waals surface area (Å²) in [6, 6.07) is 8.19. The molecule has 7 heterocycles. The Balaban J connectivity index is 0.810. The minimum absolute atomic E-state index is 0.0176. The molecule has 5 aliphatic heterocycles. The topological polar surface area (TPSA) is 155 Å². The van der Waals surface area contributed by atoms with Crippen molar-refractivity contribution < 1.29 is 37.5 Å². The molecule has 9 rings (SSSR count). The molecule has 1 unspecified atom stereocenters. The van der Waals surface area contributed by atoms with E-state index in [1.54, 1.807) is 49.2 Å². The van der Waals surface area contributed by atoms with Gasteiger partial charge in [-0.25, -0.2) is 8.78 Å². The SMILES string of the molecule is CC(=O)N1CCc2c(c(N3CCCc4cc(-c5cnn(C)c5)c(C(F)F)cc43)nn2C2CCN(C(=O)CCCCCOc3cccc4c3CN(C3CCC(=O)NC3=O)C4=O)CC2)C1. The van der Waals surface area contributed by atoms with E-state index in [4.69, 9.17) is 9.84 Å². The van der Waals surface area contributed by atoms with Crippen molar-refractivity contribution in [1.82, 2.24) is 39.6 Å². The van der Waals surface area contributed by atoms with E-state index < -0.39 is 18.4 Å². The van der Waals surface area contributed by atoms with E-state index in [1.165, 1.54) is 4.90 Å². The quantitative estimate of drug-likeness (QED) is 0.138. The number of fused-ring (bicyclic) bond motifs is 3. The molecule has 1 atom stereocenters. The van der Waals surface area contributed by atoms with Crippen molar-refractivity contribution in [2.45, 2.75) is 109 Å². The fraction of sp³-hybridized carbons (Fsp3) is 0.500. The standard InChI is InChI=1S/C46H53F2N9O6/c1-28(58)54-20-16-37-36(26-54)44(55-17-7-8-29-22-33(30-24-49-52(2)25-30)34(43(47)48)23-39(29)55)51-57(37)31-14-18-53(19-15-31)42(60)11-4-3-5-21-63-40-10-6-9-32-35(40)27-56(46(32)62)38-12-13-41(59)50-45(38)61/h6,9-10,22-25,31,38,43H,3-5,7-8,11-21,26-27H2,1-2H3,(H,50,59,61). The second kappa shape index (κ2) is 17.6. The number of benzene rings is 2. The number of amides is 5. The fourth-order valence-corrected chi connectivity index (χ4v) is 10.0. The van der Waals surface area contributed by atoms with Gasteiger partial charge in [-0.1, -0.05) is 6.07 Å². The van der Waals surface area contributed by atoms with Gasteiger partial charge in [-0.2, -0.15) is 10.2 Å². The van der Waals surface area contributed by atoms with Gasteiger partial charge in [-0.15, -0.1) is 0 Å².